The Bertz CT molecular complexity index is 484. The zero-order valence-corrected chi connectivity index (χ0v) is 9.05. The van der Waals surface area contributed by atoms with Gasteiger partial charge in [-0.25, -0.2) is 9.18 Å². The average molecular weight is 236 g/mol. The van der Waals surface area contributed by atoms with E-state index < -0.39 is 0 Å². The third-order valence-electron chi connectivity index (χ3n) is 1.84. The summed E-state index contributed by atoms with van der Waals surface area (Å²) in [4.78, 5) is 11.5. The van der Waals surface area contributed by atoms with Gasteiger partial charge in [0.2, 0.25) is 0 Å². The van der Waals surface area contributed by atoms with Crippen molar-refractivity contribution in [3.63, 3.8) is 0 Å². The molecule has 3 nitrogen and oxygen atoms in total. The van der Waals surface area contributed by atoms with E-state index >= 15 is 0 Å². The Morgan fingerprint density at radius 1 is 1.19 bits per heavy atom. The molecule has 2 amide bonds. The molecule has 0 spiro atoms. The van der Waals surface area contributed by atoms with Crippen molar-refractivity contribution in [1.82, 2.24) is 0 Å². The third-order valence-corrected chi connectivity index (χ3v) is 2.63. The van der Waals surface area contributed by atoms with Crippen molar-refractivity contribution in [3.05, 3.63) is 47.6 Å². The number of amides is 2. The summed E-state index contributed by atoms with van der Waals surface area (Å²) in [6.07, 6.45) is 0. The molecule has 16 heavy (non-hydrogen) atoms. The van der Waals surface area contributed by atoms with Crippen LogP contribution in [0.25, 0.3) is 0 Å². The van der Waals surface area contributed by atoms with Gasteiger partial charge in [0.1, 0.15) is 5.82 Å². The fourth-order valence-electron chi connectivity index (χ4n) is 1.19. The molecule has 1 heterocycles. The maximum atomic E-state index is 12.8. The summed E-state index contributed by atoms with van der Waals surface area (Å²) in [5.74, 6) is -0.381. The molecule has 0 saturated carbocycles. The van der Waals surface area contributed by atoms with Crippen molar-refractivity contribution in [2.75, 3.05) is 10.6 Å². The summed E-state index contributed by atoms with van der Waals surface area (Å²) < 4.78 is 12.8. The van der Waals surface area contributed by atoms with Crippen molar-refractivity contribution in [2.24, 2.45) is 0 Å². The minimum Gasteiger partial charge on any atom is -0.308 e. The number of benzene rings is 1. The van der Waals surface area contributed by atoms with Crippen LogP contribution in [0.1, 0.15) is 0 Å². The highest BCUT2D eigenvalue weighted by atomic mass is 32.1. The molecular weight excluding hydrogens is 227 g/mol. The van der Waals surface area contributed by atoms with Gasteiger partial charge in [-0.3, -0.25) is 5.32 Å². The van der Waals surface area contributed by atoms with E-state index in [2.05, 4.69) is 10.6 Å². The van der Waals surface area contributed by atoms with E-state index in [1.54, 1.807) is 12.1 Å². The Morgan fingerprint density at radius 3 is 2.75 bits per heavy atom. The van der Waals surface area contributed by atoms with E-state index in [1.165, 1.54) is 29.5 Å². The van der Waals surface area contributed by atoms with Gasteiger partial charge in [0.25, 0.3) is 0 Å². The van der Waals surface area contributed by atoms with Gasteiger partial charge in [0.05, 0.1) is 5.00 Å². The fourth-order valence-corrected chi connectivity index (χ4v) is 1.80. The number of halogens is 1. The van der Waals surface area contributed by atoms with Crippen LogP contribution in [0.2, 0.25) is 0 Å². The van der Waals surface area contributed by atoms with Crippen LogP contribution in [-0.4, -0.2) is 6.03 Å². The van der Waals surface area contributed by atoms with Crippen LogP contribution in [0.3, 0.4) is 0 Å². The van der Waals surface area contributed by atoms with E-state index in [4.69, 9.17) is 0 Å². The number of thiophene rings is 1. The largest absolute Gasteiger partial charge is 0.324 e. The van der Waals surface area contributed by atoms with Gasteiger partial charge in [0.15, 0.2) is 0 Å². The number of hydrogen-bond donors (Lipinski definition) is 2. The van der Waals surface area contributed by atoms with Crippen molar-refractivity contribution in [1.29, 1.82) is 0 Å². The molecule has 2 aromatic rings. The molecule has 0 fully saturated rings. The summed E-state index contributed by atoms with van der Waals surface area (Å²) in [5, 5.41) is 7.78. The summed E-state index contributed by atoms with van der Waals surface area (Å²) >= 11 is 1.42. The molecule has 0 aliphatic heterocycles. The lowest BCUT2D eigenvalue weighted by Crippen LogP contribution is -2.18. The predicted molar refractivity (Wildman–Crippen MR) is 63.4 cm³/mol. The molecule has 1 aromatic heterocycles. The number of nitrogens with one attached hydrogen (secondary N) is 2. The summed E-state index contributed by atoms with van der Waals surface area (Å²) in [6.45, 7) is 0. The molecule has 0 atom stereocenters. The Kier molecular flexibility index (Phi) is 3.16. The number of carbonyl (C=O) groups excluding carboxylic acids is 1. The normalized spacial score (nSPS) is 9.81. The summed E-state index contributed by atoms with van der Waals surface area (Å²) in [5.41, 5.74) is 0.425. The SMILES string of the molecule is O=C(Nc1cccc(F)c1)Nc1cccs1. The van der Waals surface area contributed by atoms with E-state index in [-0.39, 0.29) is 11.8 Å². The third kappa shape index (κ3) is 2.80. The highest BCUT2D eigenvalue weighted by Crippen LogP contribution is 2.15. The molecular formula is C11H9FN2OS. The zero-order valence-electron chi connectivity index (χ0n) is 8.24. The van der Waals surface area contributed by atoms with Crippen molar-refractivity contribution >= 4 is 28.1 Å². The first-order valence-electron chi connectivity index (χ1n) is 4.61. The number of carbonyl (C=O) groups is 1. The van der Waals surface area contributed by atoms with Gasteiger partial charge in [-0.05, 0) is 35.7 Å². The van der Waals surface area contributed by atoms with E-state index in [0.29, 0.717) is 5.69 Å². The molecule has 0 aliphatic rings. The first kappa shape index (κ1) is 10.6. The first-order valence-corrected chi connectivity index (χ1v) is 5.49. The second kappa shape index (κ2) is 4.76. The number of urea groups is 1. The second-order valence-electron chi connectivity index (χ2n) is 3.07. The van der Waals surface area contributed by atoms with Crippen LogP contribution in [0.4, 0.5) is 19.9 Å². The standard InChI is InChI=1S/C11H9FN2OS/c12-8-3-1-4-9(7-8)13-11(15)14-10-5-2-6-16-10/h1-7H,(H2,13,14,15). The van der Waals surface area contributed by atoms with Crippen LogP contribution in [0.15, 0.2) is 41.8 Å². The predicted octanol–water partition coefficient (Wildman–Crippen LogP) is 3.53. The second-order valence-corrected chi connectivity index (χ2v) is 4.01. The molecule has 0 aliphatic carbocycles. The molecule has 0 radical (unpaired) electrons. The molecule has 1 aromatic carbocycles. The zero-order chi connectivity index (χ0) is 11.4. The molecule has 0 unspecified atom stereocenters. The molecule has 5 heteroatoms. The van der Waals surface area contributed by atoms with Crippen LogP contribution in [-0.2, 0) is 0 Å². The first-order chi connectivity index (χ1) is 7.74. The Morgan fingerprint density at radius 2 is 2.06 bits per heavy atom. The van der Waals surface area contributed by atoms with Crippen LogP contribution >= 0.6 is 11.3 Å². The fraction of sp³-hybridized carbons (Fsp3) is 0. The topological polar surface area (TPSA) is 41.1 Å². The van der Waals surface area contributed by atoms with Crippen LogP contribution in [0.5, 0.6) is 0 Å². The van der Waals surface area contributed by atoms with Crippen LogP contribution in [0, 0.1) is 5.82 Å². The van der Waals surface area contributed by atoms with Gasteiger partial charge in [-0.2, -0.15) is 0 Å². The molecule has 0 bridgehead atoms. The van der Waals surface area contributed by atoms with Gasteiger partial charge >= 0.3 is 6.03 Å². The van der Waals surface area contributed by atoms with Crippen LogP contribution < -0.4 is 10.6 Å². The van der Waals surface area contributed by atoms with E-state index in [0.717, 1.165) is 5.00 Å². The highest BCUT2D eigenvalue weighted by molar-refractivity contribution is 7.14. The molecule has 0 saturated heterocycles. The van der Waals surface area contributed by atoms with Gasteiger partial charge < -0.3 is 5.32 Å². The Hall–Kier alpha value is -1.88. The van der Waals surface area contributed by atoms with Gasteiger partial charge in [-0.1, -0.05) is 6.07 Å². The molecule has 2 rings (SSSR count). The maximum absolute atomic E-state index is 12.8. The minimum absolute atomic E-state index is 0.381. The Balaban J connectivity index is 1.97. The van der Waals surface area contributed by atoms with Crippen molar-refractivity contribution in [2.45, 2.75) is 0 Å². The number of anilines is 2. The van der Waals surface area contributed by atoms with Gasteiger partial charge in [0, 0.05) is 5.69 Å². The molecule has 2 N–H and O–H groups in total. The van der Waals surface area contributed by atoms with Gasteiger partial charge in [-0.15, -0.1) is 11.3 Å². The maximum Gasteiger partial charge on any atom is 0.324 e. The Labute approximate surface area is 95.9 Å². The quantitative estimate of drug-likeness (QED) is 0.822. The minimum atomic E-state index is -0.381. The number of rotatable bonds is 2. The average Bonchev–Trinajstić information content (AvgIpc) is 2.70. The van der Waals surface area contributed by atoms with Crippen molar-refractivity contribution in [3.8, 4) is 0 Å². The van der Waals surface area contributed by atoms with E-state index in [9.17, 15) is 9.18 Å². The lowest BCUT2D eigenvalue weighted by atomic mass is 10.3. The van der Waals surface area contributed by atoms with E-state index in [1.807, 2.05) is 11.4 Å². The summed E-state index contributed by atoms with van der Waals surface area (Å²) in [6, 6.07) is 8.98. The lowest BCUT2D eigenvalue weighted by molar-refractivity contribution is 0.262. The molecule has 82 valence electrons. The summed E-state index contributed by atoms with van der Waals surface area (Å²) in [7, 11) is 0. The monoisotopic (exact) mass is 236 g/mol. The number of hydrogen-bond acceptors (Lipinski definition) is 2. The van der Waals surface area contributed by atoms with Crippen molar-refractivity contribution < 1.29 is 9.18 Å². The smallest absolute Gasteiger partial charge is 0.308 e. The highest BCUT2D eigenvalue weighted by Gasteiger charge is 2.03. The lowest BCUT2D eigenvalue weighted by Gasteiger charge is -2.05.